The maximum atomic E-state index is 12.7. The molecule has 0 unspecified atom stereocenters. The monoisotopic (exact) mass is 486 g/mol. The summed E-state index contributed by atoms with van der Waals surface area (Å²) < 4.78 is 6.35. The van der Waals surface area contributed by atoms with E-state index in [1.807, 2.05) is 19.1 Å². The highest BCUT2D eigenvalue weighted by Crippen LogP contribution is 2.34. The van der Waals surface area contributed by atoms with Gasteiger partial charge in [0.1, 0.15) is 12.3 Å². The Kier molecular flexibility index (Phi) is 6.48. The standard InChI is InChI=1S/C23H27BrN4O3/c1-3-26-8-10-27(11-9-26)18-5-6-19(16(2)12-18)25-22(29)14-28-20-7-4-17(24)13-21(20)31-15-23(28)30/h4-7,12-13H,3,8-11,14-15H2,1-2H3,(H,25,29). The van der Waals surface area contributed by atoms with Crippen LogP contribution in [0.3, 0.4) is 0 Å². The number of aryl methyl sites for hydroxylation is 1. The van der Waals surface area contributed by atoms with Gasteiger partial charge in [0.25, 0.3) is 5.91 Å². The number of hydrogen-bond donors (Lipinski definition) is 1. The summed E-state index contributed by atoms with van der Waals surface area (Å²) in [7, 11) is 0. The number of carbonyl (C=O) groups is 2. The molecule has 31 heavy (non-hydrogen) atoms. The number of hydrogen-bond acceptors (Lipinski definition) is 5. The van der Waals surface area contributed by atoms with E-state index in [2.05, 4.69) is 50.1 Å². The van der Waals surface area contributed by atoms with E-state index in [0.29, 0.717) is 11.4 Å². The Hall–Kier alpha value is -2.58. The number of nitrogens with zero attached hydrogens (tertiary/aromatic N) is 3. The fourth-order valence-electron chi connectivity index (χ4n) is 3.99. The molecule has 7 nitrogen and oxygen atoms in total. The predicted molar refractivity (Wildman–Crippen MR) is 126 cm³/mol. The molecule has 1 saturated heterocycles. The normalized spacial score (nSPS) is 16.7. The van der Waals surface area contributed by atoms with Gasteiger partial charge in [-0.1, -0.05) is 22.9 Å². The molecule has 2 heterocycles. The van der Waals surface area contributed by atoms with Gasteiger partial charge < -0.3 is 19.9 Å². The molecule has 0 spiro atoms. The first-order valence-corrected chi connectivity index (χ1v) is 11.3. The fraction of sp³-hybridized carbons (Fsp3) is 0.391. The lowest BCUT2D eigenvalue weighted by Crippen LogP contribution is -2.46. The zero-order chi connectivity index (χ0) is 22.0. The van der Waals surface area contributed by atoms with E-state index in [9.17, 15) is 9.59 Å². The van der Waals surface area contributed by atoms with Crippen molar-refractivity contribution in [3.63, 3.8) is 0 Å². The Labute approximate surface area is 191 Å². The molecule has 4 rings (SSSR count). The SMILES string of the molecule is CCN1CCN(c2ccc(NC(=O)CN3C(=O)COc4cc(Br)ccc43)c(C)c2)CC1. The number of rotatable bonds is 5. The Morgan fingerprint density at radius 3 is 2.61 bits per heavy atom. The third kappa shape index (κ3) is 4.85. The molecule has 0 aliphatic carbocycles. The van der Waals surface area contributed by atoms with Crippen LogP contribution in [0.25, 0.3) is 0 Å². The van der Waals surface area contributed by atoms with Crippen molar-refractivity contribution in [2.45, 2.75) is 13.8 Å². The molecular weight excluding hydrogens is 460 g/mol. The van der Waals surface area contributed by atoms with Crippen molar-refractivity contribution in [3.05, 3.63) is 46.4 Å². The molecular formula is C23H27BrN4O3. The van der Waals surface area contributed by atoms with Crippen molar-refractivity contribution in [3.8, 4) is 5.75 Å². The second-order valence-corrected chi connectivity index (χ2v) is 8.76. The maximum absolute atomic E-state index is 12.7. The second-order valence-electron chi connectivity index (χ2n) is 7.85. The van der Waals surface area contributed by atoms with Crippen molar-refractivity contribution in [1.82, 2.24) is 4.90 Å². The van der Waals surface area contributed by atoms with Gasteiger partial charge in [-0.2, -0.15) is 0 Å². The van der Waals surface area contributed by atoms with Gasteiger partial charge in [0, 0.05) is 42.0 Å². The van der Waals surface area contributed by atoms with Crippen LogP contribution in [0.15, 0.2) is 40.9 Å². The van der Waals surface area contributed by atoms with Gasteiger partial charge >= 0.3 is 0 Å². The van der Waals surface area contributed by atoms with Crippen LogP contribution in [0.1, 0.15) is 12.5 Å². The van der Waals surface area contributed by atoms with Crippen molar-refractivity contribution < 1.29 is 14.3 Å². The zero-order valence-electron chi connectivity index (χ0n) is 17.9. The number of nitrogens with one attached hydrogen (secondary N) is 1. The van der Waals surface area contributed by atoms with Crippen LogP contribution in [0.5, 0.6) is 5.75 Å². The summed E-state index contributed by atoms with van der Waals surface area (Å²) in [6.45, 7) is 9.30. The van der Waals surface area contributed by atoms with Gasteiger partial charge in [-0.25, -0.2) is 0 Å². The van der Waals surface area contributed by atoms with E-state index >= 15 is 0 Å². The molecule has 2 aliphatic rings. The lowest BCUT2D eigenvalue weighted by atomic mass is 10.1. The number of benzene rings is 2. The summed E-state index contributed by atoms with van der Waals surface area (Å²) in [6.07, 6.45) is 0. The topological polar surface area (TPSA) is 65.1 Å². The number of fused-ring (bicyclic) bond motifs is 1. The van der Waals surface area contributed by atoms with E-state index in [-0.39, 0.29) is 25.0 Å². The summed E-state index contributed by atoms with van der Waals surface area (Å²) in [6, 6.07) is 11.5. The average molecular weight is 487 g/mol. The first-order chi connectivity index (χ1) is 14.9. The van der Waals surface area contributed by atoms with Crippen LogP contribution in [0, 0.1) is 6.92 Å². The molecule has 2 aliphatic heterocycles. The van der Waals surface area contributed by atoms with Crippen LogP contribution >= 0.6 is 15.9 Å². The van der Waals surface area contributed by atoms with Crippen LogP contribution in [-0.2, 0) is 9.59 Å². The Morgan fingerprint density at radius 2 is 1.90 bits per heavy atom. The first-order valence-electron chi connectivity index (χ1n) is 10.5. The third-order valence-electron chi connectivity index (χ3n) is 5.84. The molecule has 1 fully saturated rings. The van der Waals surface area contributed by atoms with Crippen molar-refractivity contribution in [2.75, 3.05) is 61.0 Å². The van der Waals surface area contributed by atoms with Crippen LogP contribution in [0.4, 0.5) is 17.1 Å². The van der Waals surface area contributed by atoms with Gasteiger partial charge in [0.2, 0.25) is 5.91 Å². The van der Waals surface area contributed by atoms with Crippen molar-refractivity contribution in [1.29, 1.82) is 0 Å². The molecule has 0 saturated carbocycles. The Balaban J connectivity index is 1.42. The number of halogens is 1. The van der Waals surface area contributed by atoms with Crippen LogP contribution < -0.4 is 19.9 Å². The van der Waals surface area contributed by atoms with E-state index in [0.717, 1.165) is 48.4 Å². The third-order valence-corrected chi connectivity index (χ3v) is 6.33. The lowest BCUT2D eigenvalue weighted by Gasteiger charge is -2.35. The summed E-state index contributed by atoms with van der Waals surface area (Å²) >= 11 is 3.40. The van der Waals surface area contributed by atoms with Gasteiger partial charge in [-0.3, -0.25) is 14.5 Å². The first kappa shape index (κ1) is 21.6. The van der Waals surface area contributed by atoms with E-state index in [1.54, 1.807) is 12.1 Å². The summed E-state index contributed by atoms with van der Waals surface area (Å²) in [4.78, 5) is 31.4. The number of amides is 2. The lowest BCUT2D eigenvalue weighted by molar-refractivity contribution is -0.123. The largest absolute Gasteiger partial charge is 0.482 e. The van der Waals surface area contributed by atoms with Gasteiger partial charge in [0.05, 0.1) is 5.69 Å². The minimum Gasteiger partial charge on any atom is -0.482 e. The van der Waals surface area contributed by atoms with E-state index < -0.39 is 0 Å². The zero-order valence-corrected chi connectivity index (χ0v) is 19.4. The number of piperazine rings is 1. The van der Waals surface area contributed by atoms with Crippen molar-refractivity contribution in [2.24, 2.45) is 0 Å². The Morgan fingerprint density at radius 1 is 1.13 bits per heavy atom. The predicted octanol–water partition coefficient (Wildman–Crippen LogP) is 3.26. The number of ether oxygens (including phenoxy) is 1. The summed E-state index contributed by atoms with van der Waals surface area (Å²) in [5.41, 5.74) is 3.54. The van der Waals surface area contributed by atoms with Crippen LogP contribution in [0.2, 0.25) is 0 Å². The highest BCUT2D eigenvalue weighted by atomic mass is 79.9. The number of carbonyl (C=O) groups excluding carboxylic acids is 2. The summed E-state index contributed by atoms with van der Waals surface area (Å²) in [5.74, 6) is 0.116. The fourth-order valence-corrected chi connectivity index (χ4v) is 4.33. The highest BCUT2D eigenvalue weighted by molar-refractivity contribution is 9.10. The minimum atomic E-state index is -0.239. The van der Waals surface area contributed by atoms with E-state index in [4.69, 9.17) is 4.74 Å². The number of likely N-dealkylation sites (N-methyl/N-ethyl adjacent to an activating group) is 1. The van der Waals surface area contributed by atoms with E-state index in [1.165, 1.54) is 10.6 Å². The van der Waals surface area contributed by atoms with Crippen LogP contribution in [-0.4, -0.2) is 62.6 Å². The highest BCUT2D eigenvalue weighted by Gasteiger charge is 2.27. The smallest absolute Gasteiger partial charge is 0.265 e. The molecule has 164 valence electrons. The van der Waals surface area contributed by atoms with Crippen molar-refractivity contribution >= 4 is 44.8 Å². The molecule has 0 bridgehead atoms. The second kappa shape index (κ2) is 9.28. The molecule has 2 aromatic rings. The molecule has 2 amide bonds. The molecule has 1 N–H and O–H groups in total. The van der Waals surface area contributed by atoms with Gasteiger partial charge in [-0.05, 0) is 55.4 Å². The molecule has 0 atom stereocenters. The number of anilines is 3. The molecule has 2 aromatic carbocycles. The maximum Gasteiger partial charge on any atom is 0.265 e. The average Bonchev–Trinajstić information content (AvgIpc) is 2.77. The van der Waals surface area contributed by atoms with Gasteiger partial charge in [-0.15, -0.1) is 0 Å². The Bertz CT molecular complexity index is 989. The quantitative estimate of drug-likeness (QED) is 0.702. The summed E-state index contributed by atoms with van der Waals surface area (Å²) in [5, 5.41) is 2.96. The molecule has 8 heteroatoms. The van der Waals surface area contributed by atoms with Gasteiger partial charge in [0.15, 0.2) is 6.61 Å². The molecule has 0 radical (unpaired) electrons. The minimum absolute atomic E-state index is 0.0585. The molecule has 0 aromatic heterocycles.